The second-order valence-electron chi connectivity index (χ2n) is 13.8. The van der Waals surface area contributed by atoms with Gasteiger partial charge in [0.05, 0.1) is 17.1 Å². The second kappa shape index (κ2) is 12.6. The zero-order chi connectivity index (χ0) is 34.2. The molecule has 0 spiro atoms. The van der Waals surface area contributed by atoms with Gasteiger partial charge in [0.1, 0.15) is 5.75 Å². The summed E-state index contributed by atoms with van der Waals surface area (Å²) >= 11 is 0. The van der Waals surface area contributed by atoms with E-state index in [1.54, 1.807) is 6.07 Å². The highest BCUT2D eigenvalue weighted by atomic mass is 16.3. The SMILES string of the molecule is CC(C)(C)c1ccnc(-c2cccc(-c3cc(-c4ccccc4-c4cccc5cn(-c6ccccc6)cc45)cc(-c4ccccc4O)n3)c2)c1. The number of hydrogen-bond acceptors (Lipinski definition) is 3. The quantitative estimate of drug-likeness (QED) is 0.195. The third-order valence-corrected chi connectivity index (χ3v) is 9.35. The van der Waals surface area contributed by atoms with Crippen LogP contribution in [0.25, 0.3) is 72.5 Å². The number of phenolic OH excluding ortho intramolecular Hbond substituents is 1. The number of benzene rings is 5. The van der Waals surface area contributed by atoms with E-state index in [-0.39, 0.29) is 11.2 Å². The number of fused-ring (bicyclic) bond motifs is 1. The normalized spacial score (nSPS) is 11.6. The van der Waals surface area contributed by atoms with Crippen LogP contribution < -0.4 is 0 Å². The molecule has 0 bridgehead atoms. The Kier molecular flexibility index (Phi) is 7.85. The lowest BCUT2D eigenvalue weighted by molar-refractivity contribution is 0.477. The maximum atomic E-state index is 11.0. The van der Waals surface area contributed by atoms with Crippen molar-refractivity contribution in [2.45, 2.75) is 26.2 Å². The van der Waals surface area contributed by atoms with Gasteiger partial charge in [0, 0.05) is 51.7 Å². The minimum Gasteiger partial charge on any atom is -0.507 e. The van der Waals surface area contributed by atoms with E-state index in [1.807, 2.05) is 30.5 Å². The Hall–Kier alpha value is -6.26. The van der Waals surface area contributed by atoms with E-state index in [1.165, 1.54) is 16.3 Å². The van der Waals surface area contributed by atoms with Crippen molar-refractivity contribution in [2.24, 2.45) is 0 Å². The minimum absolute atomic E-state index is 0.0136. The molecule has 8 rings (SSSR count). The lowest BCUT2D eigenvalue weighted by Crippen LogP contribution is -2.11. The van der Waals surface area contributed by atoms with E-state index < -0.39 is 0 Å². The predicted molar refractivity (Wildman–Crippen MR) is 206 cm³/mol. The molecule has 3 aromatic heterocycles. The molecule has 242 valence electrons. The molecule has 0 saturated carbocycles. The molecule has 3 heterocycles. The summed E-state index contributed by atoms with van der Waals surface area (Å²) in [6.07, 6.45) is 6.30. The molecule has 8 aromatic rings. The number of hydrogen-bond donors (Lipinski definition) is 1. The highest BCUT2D eigenvalue weighted by Crippen LogP contribution is 2.40. The van der Waals surface area contributed by atoms with Crippen LogP contribution in [0.4, 0.5) is 0 Å². The lowest BCUT2D eigenvalue weighted by atomic mass is 9.87. The molecular weight excluding hydrogens is 611 g/mol. The van der Waals surface area contributed by atoms with E-state index in [4.69, 9.17) is 9.97 Å². The van der Waals surface area contributed by atoms with E-state index in [0.29, 0.717) is 11.3 Å². The van der Waals surface area contributed by atoms with E-state index >= 15 is 0 Å². The average Bonchev–Trinajstić information content (AvgIpc) is 3.60. The van der Waals surface area contributed by atoms with Crippen molar-refractivity contribution < 1.29 is 5.11 Å². The Morgan fingerprint density at radius 1 is 0.520 bits per heavy atom. The van der Waals surface area contributed by atoms with Gasteiger partial charge < -0.3 is 9.67 Å². The fourth-order valence-corrected chi connectivity index (χ4v) is 6.67. The van der Waals surface area contributed by atoms with Gasteiger partial charge in [-0.25, -0.2) is 4.98 Å². The van der Waals surface area contributed by atoms with Crippen LogP contribution in [-0.4, -0.2) is 19.6 Å². The minimum atomic E-state index is 0.0136. The smallest absolute Gasteiger partial charge is 0.124 e. The van der Waals surface area contributed by atoms with Crippen molar-refractivity contribution in [1.29, 1.82) is 0 Å². The zero-order valence-electron chi connectivity index (χ0n) is 28.4. The highest BCUT2D eigenvalue weighted by Gasteiger charge is 2.18. The van der Waals surface area contributed by atoms with E-state index in [0.717, 1.165) is 50.5 Å². The third-order valence-electron chi connectivity index (χ3n) is 9.35. The third kappa shape index (κ3) is 5.97. The van der Waals surface area contributed by atoms with Gasteiger partial charge in [-0.1, -0.05) is 112 Å². The van der Waals surface area contributed by atoms with Crippen LogP contribution in [0.3, 0.4) is 0 Å². The number of para-hydroxylation sites is 2. The summed E-state index contributed by atoms with van der Waals surface area (Å²) in [5.74, 6) is 0.195. The lowest BCUT2D eigenvalue weighted by Gasteiger charge is -2.19. The van der Waals surface area contributed by atoms with Crippen LogP contribution in [0, 0.1) is 0 Å². The molecule has 0 unspecified atom stereocenters. The average molecular weight is 648 g/mol. The van der Waals surface area contributed by atoms with E-state index in [9.17, 15) is 5.11 Å². The van der Waals surface area contributed by atoms with Crippen molar-refractivity contribution in [1.82, 2.24) is 14.5 Å². The number of phenols is 1. The summed E-state index contributed by atoms with van der Waals surface area (Å²) in [6.45, 7) is 6.65. The first kappa shape index (κ1) is 31.0. The Bertz CT molecular complexity index is 2490. The topological polar surface area (TPSA) is 50.9 Å². The standard InChI is InChI=1S/C46H37N3O/c1-46(2,3)35-23-24-47-42(28-35)31-13-11-14-32(25-31)43-26-34(27-44(48-43)40-20-9-10-22-45(40)50)37-18-7-8-19-38(37)39-21-12-15-33-29-49(30-41(33)39)36-16-5-4-6-17-36/h4-30,50H,1-3H3. The first-order chi connectivity index (χ1) is 24.3. The highest BCUT2D eigenvalue weighted by molar-refractivity contribution is 6.01. The predicted octanol–water partition coefficient (Wildman–Crippen LogP) is 11.8. The van der Waals surface area contributed by atoms with Gasteiger partial charge in [0.2, 0.25) is 0 Å². The van der Waals surface area contributed by atoms with Crippen molar-refractivity contribution in [3.63, 3.8) is 0 Å². The zero-order valence-corrected chi connectivity index (χ0v) is 28.4. The Morgan fingerprint density at radius 2 is 1.18 bits per heavy atom. The van der Waals surface area contributed by atoms with Crippen molar-refractivity contribution in [3.8, 4) is 67.5 Å². The van der Waals surface area contributed by atoms with Crippen LogP contribution in [-0.2, 0) is 5.41 Å². The van der Waals surface area contributed by atoms with Crippen molar-refractivity contribution in [2.75, 3.05) is 0 Å². The van der Waals surface area contributed by atoms with Gasteiger partial charge in [-0.3, -0.25) is 4.98 Å². The molecule has 0 aliphatic carbocycles. The molecule has 0 aliphatic rings. The largest absolute Gasteiger partial charge is 0.507 e. The molecule has 0 fully saturated rings. The van der Waals surface area contributed by atoms with Crippen LogP contribution in [0.1, 0.15) is 26.3 Å². The molecule has 1 N–H and O–H groups in total. The number of aromatic nitrogens is 3. The Labute approximate surface area is 293 Å². The van der Waals surface area contributed by atoms with Gasteiger partial charge in [-0.05, 0) is 87.8 Å². The maximum Gasteiger partial charge on any atom is 0.124 e. The molecule has 4 nitrogen and oxygen atoms in total. The summed E-state index contributed by atoms with van der Waals surface area (Å²) in [5.41, 5.74) is 11.9. The summed E-state index contributed by atoms with van der Waals surface area (Å²) in [7, 11) is 0. The molecule has 0 radical (unpaired) electrons. The Morgan fingerprint density at radius 3 is 1.96 bits per heavy atom. The molecule has 0 atom stereocenters. The van der Waals surface area contributed by atoms with Crippen LogP contribution in [0.15, 0.2) is 164 Å². The molecular formula is C46H37N3O. The monoisotopic (exact) mass is 647 g/mol. The molecule has 5 aromatic carbocycles. The summed E-state index contributed by atoms with van der Waals surface area (Å²) in [4.78, 5) is 9.89. The van der Waals surface area contributed by atoms with Crippen LogP contribution >= 0.6 is 0 Å². The summed E-state index contributed by atoms with van der Waals surface area (Å²) in [5, 5.41) is 13.3. The Balaban J connectivity index is 1.30. The van der Waals surface area contributed by atoms with Crippen LogP contribution in [0.2, 0.25) is 0 Å². The summed E-state index contributed by atoms with van der Waals surface area (Å²) < 4.78 is 2.19. The number of rotatable bonds is 6. The fourth-order valence-electron chi connectivity index (χ4n) is 6.67. The molecule has 4 heteroatoms. The first-order valence-electron chi connectivity index (χ1n) is 17.0. The molecule has 0 amide bonds. The van der Waals surface area contributed by atoms with Gasteiger partial charge >= 0.3 is 0 Å². The second-order valence-corrected chi connectivity index (χ2v) is 13.8. The van der Waals surface area contributed by atoms with Crippen molar-refractivity contribution >= 4 is 10.8 Å². The fraction of sp³-hybridized carbons (Fsp3) is 0.0870. The van der Waals surface area contributed by atoms with Crippen LogP contribution in [0.5, 0.6) is 5.75 Å². The number of pyridine rings is 2. The van der Waals surface area contributed by atoms with Gasteiger partial charge in [0.25, 0.3) is 0 Å². The maximum absolute atomic E-state index is 11.0. The summed E-state index contributed by atoms with van der Waals surface area (Å²) in [6, 6.07) is 49.8. The van der Waals surface area contributed by atoms with Crippen molar-refractivity contribution in [3.05, 3.63) is 170 Å². The molecule has 50 heavy (non-hydrogen) atoms. The van der Waals surface area contributed by atoms with Gasteiger partial charge in [-0.2, -0.15) is 0 Å². The molecule has 0 aliphatic heterocycles. The van der Waals surface area contributed by atoms with E-state index in [2.05, 4.69) is 153 Å². The number of nitrogens with zero attached hydrogens (tertiary/aromatic N) is 3. The van der Waals surface area contributed by atoms with Gasteiger partial charge in [-0.15, -0.1) is 0 Å². The van der Waals surface area contributed by atoms with Gasteiger partial charge in [0.15, 0.2) is 0 Å². The molecule has 0 saturated heterocycles. The first-order valence-corrected chi connectivity index (χ1v) is 17.0. The number of aromatic hydroxyl groups is 1.